The van der Waals surface area contributed by atoms with E-state index in [-0.39, 0.29) is 6.42 Å². The first kappa shape index (κ1) is 9.23. The predicted octanol–water partition coefficient (Wildman–Crippen LogP) is 2.12. The lowest BCUT2D eigenvalue weighted by Gasteiger charge is -2.08. The van der Waals surface area contributed by atoms with Crippen LogP contribution in [-0.2, 0) is 12.8 Å². The van der Waals surface area contributed by atoms with Crippen molar-refractivity contribution in [3.8, 4) is 6.07 Å². The van der Waals surface area contributed by atoms with E-state index in [0.29, 0.717) is 0 Å². The third kappa shape index (κ3) is 1.64. The first-order valence-corrected chi connectivity index (χ1v) is 4.98. The van der Waals surface area contributed by atoms with Gasteiger partial charge in [-0.25, -0.2) is 0 Å². The molecule has 0 aromatic heterocycles. The highest BCUT2D eigenvalue weighted by molar-refractivity contribution is 5.36. The van der Waals surface area contributed by atoms with Crippen molar-refractivity contribution >= 4 is 0 Å². The molecule has 0 aliphatic heterocycles. The molecule has 0 amide bonds. The molecule has 1 aliphatic rings. The Kier molecular flexibility index (Phi) is 2.51. The van der Waals surface area contributed by atoms with Gasteiger partial charge < -0.3 is 5.11 Å². The molecule has 1 N–H and O–H groups in total. The van der Waals surface area contributed by atoms with Crippen LogP contribution < -0.4 is 0 Å². The first-order chi connectivity index (χ1) is 6.81. The van der Waals surface area contributed by atoms with Crippen molar-refractivity contribution in [1.82, 2.24) is 0 Å². The number of rotatable bonds is 2. The van der Waals surface area contributed by atoms with Gasteiger partial charge in [0, 0.05) is 0 Å². The van der Waals surface area contributed by atoms with Gasteiger partial charge in [0.25, 0.3) is 0 Å². The number of benzene rings is 1. The Morgan fingerprint density at radius 3 is 2.93 bits per heavy atom. The molecule has 1 aromatic rings. The zero-order valence-electron chi connectivity index (χ0n) is 8.03. The monoisotopic (exact) mass is 187 g/mol. The summed E-state index contributed by atoms with van der Waals surface area (Å²) in [6, 6.07) is 8.05. The summed E-state index contributed by atoms with van der Waals surface area (Å²) in [6.45, 7) is 0. The number of aryl methyl sites for hydroxylation is 2. The smallest absolute Gasteiger partial charge is 0.0920 e. The summed E-state index contributed by atoms with van der Waals surface area (Å²) >= 11 is 0. The fourth-order valence-electron chi connectivity index (χ4n) is 2.00. The number of aliphatic hydroxyl groups is 1. The Bertz CT molecular complexity index is 378. The molecule has 0 radical (unpaired) electrons. The summed E-state index contributed by atoms with van der Waals surface area (Å²) in [7, 11) is 0. The van der Waals surface area contributed by atoms with Crippen LogP contribution in [0.15, 0.2) is 18.2 Å². The van der Waals surface area contributed by atoms with E-state index in [2.05, 4.69) is 6.07 Å². The number of hydrogen-bond acceptors (Lipinski definition) is 2. The Hall–Kier alpha value is -1.33. The standard InChI is InChI=1S/C12H13NO/c13-7-6-12(14)11-5-4-9-2-1-3-10(9)8-11/h4-5,8,12,14H,1-3,6H2. The van der Waals surface area contributed by atoms with Gasteiger partial charge >= 0.3 is 0 Å². The molecule has 0 bridgehead atoms. The molecule has 2 nitrogen and oxygen atoms in total. The quantitative estimate of drug-likeness (QED) is 0.770. The molecule has 72 valence electrons. The molecule has 1 aromatic carbocycles. The number of fused-ring (bicyclic) bond motifs is 1. The zero-order chi connectivity index (χ0) is 9.97. The molecule has 1 atom stereocenters. The summed E-state index contributed by atoms with van der Waals surface area (Å²) in [5.41, 5.74) is 3.63. The molecule has 0 saturated heterocycles. The lowest BCUT2D eigenvalue weighted by molar-refractivity contribution is 0.183. The SMILES string of the molecule is N#CCC(O)c1ccc2c(c1)CCC2. The average Bonchev–Trinajstić information content (AvgIpc) is 2.64. The van der Waals surface area contributed by atoms with Crippen LogP contribution in [0.5, 0.6) is 0 Å². The number of nitriles is 1. The van der Waals surface area contributed by atoms with Gasteiger partial charge in [-0.15, -0.1) is 0 Å². The maximum Gasteiger partial charge on any atom is 0.0920 e. The van der Waals surface area contributed by atoms with Gasteiger partial charge in [0.2, 0.25) is 0 Å². The zero-order valence-corrected chi connectivity index (χ0v) is 8.03. The van der Waals surface area contributed by atoms with E-state index in [1.807, 2.05) is 18.2 Å². The van der Waals surface area contributed by atoms with Gasteiger partial charge in [-0.1, -0.05) is 18.2 Å². The van der Waals surface area contributed by atoms with E-state index < -0.39 is 6.10 Å². The van der Waals surface area contributed by atoms with E-state index in [1.54, 1.807) is 0 Å². The molecule has 1 aliphatic carbocycles. The van der Waals surface area contributed by atoms with Crippen molar-refractivity contribution in [2.45, 2.75) is 31.8 Å². The maximum absolute atomic E-state index is 9.63. The second-order valence-corrected chi connectivity index (χ2v) is 3.76. The van der Waals surface area contributed by atoms with E-state index in [9.17, 15) is 5.11 Å². The summed E-state index contributed by atoms with van der Waals surface area (Å²) in [6.07, 6.45) is 3.05. The average molecular weight is 187 g/mol. The topological polar surface area (TPSA) is 44.0 Å². The normalized spacial score (nSPS) is 16.0. The van der Waals surface area contributed by atoms with Crippen LogP contribution in [0.3, 0.4) is 0 Å². The molecule has 0 heterocycles. The van der Waals surface area contributed by atoms with Gasteiger partial charge in [0.05, 0.1) is 18.6 Å². The largest absolute Gasteiger partial charge is 0.387 e. The molecule has 0 fully saturated rings. The Morgan fingerprint density at radius 1 is 1.36 bits per heavy atom. The Labute approximate surface area is 83.8 Å². The molecule has 0 saturated carbocycles. The molecule has 2 rings (SSSR count). The first-order valence-electron chi connectivity index (χ1n) is 4.98. The van der Waals surface area contributed by atoms with Crippen LogP contribution in [0.1, 0.15) is 35.6 Å². The molecule has 14 heavy (non-hydrogen) atoms. The highest BCUT2D eigenvalue weighted by Gasteiger charge is 2.13. The second kappa shape index (κ2) is 3.81. The van der Waals surface area contributed by atoms with Crippen LogP contribution in [0, 0.1) is 11.3 Å². The maximum atomic E-state index is 9.63. The van der Waals surface area contributed by atoms with E-state index in [0.717, 1.165) is 18.4 Å². The minimum absolute atomic E-state index is 0.179. The third-order valence-electron chi connectivity index (χ3n) is 2.79. The van der Waals surface area contributed by atoms with Gasteiger partial charge in [-0.2, -0.15) is 5.26 Å². The van der Waals surface area contributed by atoms with Crippen LogP contribution >= 0.6 is 0 Å². The van der Waals surface area contributed by atoms with E-state index in [1.165, 1.54) is 17.5 Å². The molecular weight excluding hydrogens is 174 g/mol. The van der Waals surface area contributed by atoms with Gasteiger partial charge in [-0.3, -0.25) is 0 Å². The van der Waals surface area contributed by atoms with Crippen molar-refractivity contribution in [2.75, 3.05) is 0 Å². The molecule has 0 spiro atoms. The molecule has 2 heteroatoms. The summed E-state index contributed by atoms with van der Waals surface area (Å²) in [5, 5.41) is 18.1. The van der Waals surface area contributed by atoms with E-state index >= 15 is 0 Å². The summed E-state index contributed by atoms with van der Waals surface area (Å²) in [5.74, 6) is 0. The van der Waals surface area contributed by atoms with Crippen LogP contribution in [0.4, 0.5) is 0 Å². The minimum atomic E-state index is -0.620. The highest BCUT2D eigenvalue weighted by Crippen LogP contribution is 2.26. The fourth-order valence-corrected chi connectivity index (χ4v) is 2.00. The lowest BCUT2D eigenvalue weighted by atomic mass is 10.0. The fraction of sp³-hybridized carbons (Fsp3) is 0.417. The third-order valence-corrected chi connectivity index (χ3v) is 2.79. The van der Waals surface area contributed by atoms with Crippen molar-refractivity contribution in [1.29, 1.82) is 5.26 Å². The van der Waals surface area contributed by atoms with Gasteiger partial charge in [0.15, 0.2) is 0 Å². The second-order valence-electron chi connectivity index (χ2n) is 3.76. The summed E-state index contributed by atoms with van der Waals surface area (Å²) < 4.78 is 0. The van der Waals surface area contributed by atoms with Crippen molar-refractivity contribution < 1.29 is 5.11 Å². The number of nitrogens with zero attached hydrogens (tertiary/aromatic N) is 1. The van der Waals surface area contributed by atoms with E-state index in [4.69, 9.17) is 5.26 Å². The van der Waals surface area contributed by atoms with Crippen molar-refractivity contribution in [2.24, 2.45) is 0 Å². The lowest BCUT2D eigenvalue weighted by Crippen LogP contribution is -1.97. The predicted molar refractivity (Wildman–Crippen MR) is 53.7 cm³/mol. The highest BCUT2D eigenvalue weighted by atomic mass is 16.3. The van der Waals surface area contributed by atoms with Gasteiger partial charge in [0.1, 0.15) is 0 Å². The Morgan fingerprint density at radius 2 is 2.14 bits per heavy atom. The van der Waals surface area contributed by atoms with Crippen LogP contribution in [0.25, 0.3) is 0 Å². The Balaban J connectivity index is 2.25. The summed E-state index contributed by atoms with van der Waals surface area (Å²) in [4.78, 5) is 0. The van der Waals surface area contributed by atoms with Gasteiger partial charge in [-0.05, 0) is 36.0 Å². The van der Waals surface area contributed by atoms with Crippen LogP contribution in [-0.4, -0.2) is 5.11 Å². The minimum Gasteiger partial charge on any atom is -0.387 e. The molecular formula is C12H13NO. The van der Waals surface area contributed by atoms with Crippen molar-refractivity contribution in [3.05, 3.63) is 34.9 Å². The number of hydrogen-bond donors (Lipinski definition) is 1. The molecule has 1 unspecified atom stereocenters. The van der Waals surface area contributed by atoms with Crippen molar-refractivity contribution in [3.63, 3.8) is 0 Å². The van der Waals surface area contributed by atoms with Crippen LogP contribution in [0.2, 0.25) is 0 Å². The number of aliphatic hydroxyl groups excluding tert-OH is 1.